The van der Waals surface area contributed by atoms with E-state index in [9.17, 15) is 9.59 Å². The number of nitrogens with zero attached hydrogens (tertiary/aromatic N) is 3. The molecule has 0 saturated carbocycles. The Morgan fingerprint density at radius 1 is 1.11 bits per heavy atom. The zero-order valence-electron chi connectivity index (χ0n) is 15.4. The van der Waals surface area contributed by atoms with Gasteiger partial charge in [0.15, 0.2) is 0 Å². The average Bonchev–Trinajstić information content (AvgIpc) is 3.02. The zero-order valence-corrected chi connectivity index (χ0v) is 16.1. The Morgan fingerprint density at radius 2 is 1.89 bits per heavy atom. The van der Waals surface area contributed by atoms with Gasteiger partial charge in [0, 0.05) is 34.9 Å². The van der Waals surface area contributed by atoms with Crippen LogP contribution >= 0.6 is 11.6 Å². The summed E-state index contributed by atoms with van der Waals surface area (Å²) in [6.45, 7) is 2.95. The van der Waals surface area contributed by atoms with Gasteiger partial charge < -0.3 is 10.2 Å². The van der Waals surface area contributed by atoms with Gasteiger partial charge in [0.05, 0.1) is 11.2 Å². The van der Waals surface area contributed by atoms with Crippen LogP contribution in [0, 0.1) is 6.92 Å². The SMILES string of the molecule is Cc1ccc2c(NC(=O)CN3CCN(c4ccc(Cl)cc4)C3=O)cccc2n1. The van der Waals surface area contributed by atoms with Crippen molar-refractivity contribution in [2.45, 2.75) is 6.92 Å². The second kappa shape index (κ2) is 7.48. The monoisotopic (exact) mass is 394 g/mol. The quantitative estimate of drug-likeness (QED) is 0.725. The van der Waals surface area contributed by atoms with Crippen LogP contribution in [-0.4, -0.2) is 41.5 Å². The fourth-order valence-electron chi connectivity index (χ4n) is 3.32. The van der Waals surface area contributed by atoms with Gasteiger partial charge in [-0.1, -0.05) is 17.7 Å². The van der Waals surface area contributed by atoms with Crippen molar-refractivity contribution in [1.82, 2.24) is 9.88 Å². The van der Waals surface area contributed by atoms with Gasteiger partial charge in [0.1, 0.15) is 6.54 Å². The molecule has 3 aromatic rings. The van der Waals surface area contributed by atoms with Crippen LogP contribution in [0.3, 0.4) is 0 Å². The first-order chi connectivity index (χ1) is 13.5. The molecule has 3 amide bonds. The van der Waals surface area contributed by atoms with Crippen LogP contribution in [-0.2, 0) is 4.79 Å². The predicted octanol–water partition coefficient (Wildman–Crippen LogP) is 4.08. The minimum atomic E-state index is -0.237. The number of urea groups is 1. The summed E-state index contributed by atoms with van der Waals surface area (Å²) in [4.78, 5) is 32.9. The topological polar surface area (TPSA) is 65.5 Å². The highest BCUT2D eigenvalue weighted by Crippen LogP contribution is 2.24. The molecule has 0 atom stereocenters. The highest BCUT2D eigenvalue weighted by Gasteiger charge is 2.30. The minimum absolute atomic E-state index is 0.00139. The number of benzene rings is 2. The number of carbonyl (C=O) groups excluding carboxylic acids is 2. The van der Waals surface area contributed by atoms with Crippen molar-refractivity contribution < 1.29 is 9.59 Å². The van der Waals surface area contributed by atoms with Crippen LogP contribution < -0.4 is 10.2 Å². The molecule has 1 N–H and O–H groups in total. The third-order valence-corrected chi connectivity index (χ3v) is 4.96. The number of hydrogen-bond acceptors (Lipinski definition) is 3. The van der Waals surface area contributed by atoms with E-state index in [2.05, 4.69) is 10.3 Å². The number of anilines is 2. The molecule has 0 radical (unpaired) electrons. The summed E-state index contributed by atoms with van der Waals surface area (Å²) in [6, 6.07) is 16.4. The van der Waals surface area contributed by atoms with Gasteiger partial charge >= 0.3 is 6.03 Å². The fourth-order valence-corrected chi connectivity index (χ4v) is 3.44. The third kappa shape index (κ3) is 3.64. The zero-order chi connectivity index (χ0) is 19.7. The van der Waals surface area contributed by atoms with Gasteiger partial charge in [-0.15, -0.1) is 0 Å². The number of amides is 3. The van der Waals surface area contributed by atoms with Gasteiger partial charge in [0.2, 0.25) is 5.91 Å². The number of pyridine rings is 1. The normalized spacial score (nSPS) is 14.0. The molecule has 6 nitrogen and oxygen atoms in total. The summed E-state index contributed by atoms with van der Waals surface area (Å²) in [7, 11) is 0. The van der Waals surface area contributed by atoms with Crippen molar-refractivity contribution in [2.75, 3.05) is 29.9 Å². The summed E-state index contributed by atoms with van der Waals surface area (Å²) in [5.41, 5.74) is 3.20. The Bertz CT molecular complexity index is 1050. The fraction of sp³-hybridized carbons (Fsp3) is 0.190. The molecule has 2 aromatic carbocycles. The Balaban J connectivity index is 1.45. The summed E-state index contributed by atoms with van der Waals surface area (Å²) >= 11 is 5.91. The molecule has 1 aliphatic rings. The standard InChI is InChI=1S/C21H19ClN4O2/c1-14-5-10-17-18(23-14)3-2-4-19(17)24-20(27)13-25-11-12-26(21(25)28)16-8-6-15(22)7-9-16/h2-10H,11-13H2,1H3,(H,24,27). The molecule has 4 rings (SSSR count). The van der Waals surface area contributed by atoms with E-state index in [1.165, 1.54) is 4.90 Å². The smallest absolute Gasteiger partial charge is 0.324 e. The van der Waals surface area contributed by atoms with Crippen molar-refractivity contribution in [1.29, 1.82) is 0 Å². The first kappa shape index (κ1) is 18.3. The summed E-state index contributed by atoms with van der Waals surface area (Å²) < 4.78 is 0. The minimum Gasteiger partial charge on any atom is -0.324 e. The molecule has 28 heavy (non-hydrogen) atoms. The molecule has 1 aromatic heterocycles. The molecule has 1 aliphatic heterocycles. The number of hydrogen-bond donors (Lipinski definition) is 1. The summed E-state index contributed by atoms with van der Waals surface area (Å²) in [5.74, 6) is -0.237. The lowest BCUT2D eigenvalue weighted by molar-refractivity contribution is -0.116. The van der Waals surface area contributed by atoms with Crippen molar-refractivity contribution in [3.63, 3.8) is 0 Å². The molecule has 1 saturated heterocycles. The molecule has 1 fully saturated rings. The van der Waals surface area contributed by atoms with Crippen molar-refractivity contribution in [2.24, 2.45) is 0 Å². The molecule has 0 aliphatic carbocycles. The van der Waals surface area contributed by atoms with Crippen LogP contribution in [0.2, 0.25) is 5.02 Å². The van der Waals surface area contributed by atoms with E-state index in [1.54, 1.807) is 29.2 Å². The Hall–Kier alpha value is -3.12. The molecule has 7 heteroatoms. The number of aromatic nitrogens is 1. The second-order valence-corrected chi connectivity index (χ2v) is 7.14. The van der Waals surface area contributed by atoms with E-state index in [1.807, 2.05) is 37.3 Å². The number of carbonyl (C=O) groups is 2. The van der Waals surface area contributed by atoms with E-state index < -0.39 is 0 Å². The van der Waals surface area contributed by atoms with E-state index in [0.717, 1.165) is 22.3 Å². The van der Waals surface area contributed by atoms with Crippen LogP contribution in [0.5, 0.6) is 0 Å². The number of nitrogens with one attached hydrogen (secondary N) is 1. The Labute approximate surface area is 167 Å². The largest absolute Gasteiger partial charge is 0.325 e. The maximum Gasteiger partial charge on any atom is 0.325 e. The van der Waals surface area contributed by atoms with Gasteiger partial charge in [-0.25, -0.2) is 4.79 Å². The van der Waals surface area contributed by atoms with Crippen molar-refractivity contribution >= 4 is 45.8 Å². The van der Waals surface area contributed by atoms with E-state index in [4.69, 9.17) is 11.6 Å². The lowest BCUT2D eigenvalue weighted by Gasteiger charge is -2.18. The molecular formula is C21H19ClN4O2. The second-order valence-electron chi connectivity index (χ2n) is 6.71. The van der Waals surface area contributed by atoms with Crippen molar-refractivity contribution in [3.05, 3.63) is 65.3 Å². The first-order valence-corrected chi connectivity index (χ1v) is 9.37. The van der Waals surface area contributed by atoms with E-state index in [-0.39, 0.29) is 18.5 Å². The molecule has 0 spiro atoms. The third-order valence-electron chi connectivity index (χ3n) is 4.71. The molecular weight excluding hydrogens is 376 g/mol. The molecule has 2 heterocycles. The first-order valence-electron chi connectivity index (χ1n) is 8.99. The molecule has 0 unspecified atom stereocenters. The highest BCUT2D eigenvalue weighted by molar-refractivity contribution is 6.30. The summed E-state index contributed by atoms with van der Waals surface area (Å²) in [6.07, 6.45) is 0. The van der Waals surface area contributed by atoms with Crippen LogP contribution in [0.4, 0.5) is 16.2 Å². The molecule has 0 bridgehead atoms. The number of rotatable bonds is 4. The van der Waals surface area contributed by atoms with Crippen molar-refractivity contribution in [3.8, 4) is 0 Å². The highest BCUT2D eigenvalue weighted by atomic mass is 35.5. The van der Waals surface area contributed by atoms with E-state index >= 15 is 0 Å². The maximum atomic E-state index is 12.7. The Kier molecular flexibility index (Phi) is 4.88. The number of fused-ring (bicyclic) bond motifs is 1. The van der Waals surface area contributed by atoms with Gasteiger partial charge in [-0.3, -0.25) is 14.7 Å². The Morgan fingerprint density at radius 3 is 2.68 bits per heavy atom. The number of aryl methyl sites for hydroxylation is 1. The predicted molar refractivity (Wildman–Crippen MR) is 111 cm³/mol. The summed E-state index contributed by atoms with van der Waals surface area (Å²) in [5, 5.41) is 4.39. The van der Waals surface area contributed by atoms with Gasteiger partial charge in [-0.05, 0) is 55.5 Å². The van der Waals surface area contributed by atoms with E-state index in [0.29, 0.717) is 23.8 Å². The maximum absolute atomic E-state index is 12.7. The van der Waals surface area contributed by atoms with Gasteiger partial charge in [0.25, 0.3) is 0 Å². The molecule has 142 valence electrons. The lowest BCUT2D eigenvalue weighted by atomic mass is 10.1. The van der Waals surface area contributed by atoms with Crippen LogP contribution in [0.1, 0.15) is 5.69 Å². The van der Waals surface area contributed by atoms with Crippen LogP contribution in [0.25, 0.3) is 10.9 Å². The van der Waals surface area contributed by atoms with Gasteiger partial charge in [-0.2, -0.15) is 0 Å². The lowest BCUT2D eigenvalue weighted by Crippen LogP contribution is -2.37. The van der Waals surface area contributed by atoms with Crippen LogP contribution in [0.15, 0.2) is 54.6 Å². The average molecular weight is 395 g/mol. The number of halogens is 1.